The Balaban J connectivity index is 2.10. The molecule has 1 fully saturated rings. The Labute approximate surface area is 194 Å². The summed E-state index contributed by atoms with van der Waals surface area (Å²) in [5.74, 6) is -3.29. The van der Waals surface area contributed by atoms with Gasteiger partial charge in [0, 0.05) is 13.5 Å². The first-order chi connectivity index (χ1) is 15.7. The summed E-state index contributed by atoms with van der Waals surface area (Å²) in [6.45, 7) is 2.56. The Bertz CT molecular complexity index is 788. The van der Waals surface area contributed by atoms with E-state index in [0.717, 1.165) is 12.8 Å². The van der Waals surface area contributed by atoms with Crippen LogP contribution in [-0.2, 0) is 30.3 Å². The fourth-order valence-electron chi connectivity index (χ4n) is 4.50. The van der Waals surface area contributed by atoms with Gasteiger partial charge in [-0.3, -0.25) is 9.59 Å². The lowest BCUT2D eigenvalue weighted by atomic mass is 9.75. The monoisotopic (exact) mass is 465 g/mol. The lowest BCUT2D eigenvalue weighted by molar-refractivity contribution is -0.148. The van der Waals surface area contributed by atoms with Crippen molar-refractivity contribution in [2.45, 2.75) is 64.0 Å². The number of rotatable bonds is 14. The van der Waals surface area contributed by atoms with Crippen LogP contribution in [0.1, 0.15) is 51.0 Å². The second-order valence-corrected chi connectivity index (χ2v) is 8.87. The maximum Gasteiger partial charge on any atom is 0.326 e. The van der Waals surface area contributed by atoms with E-state index in [4.69, 9.17) is 9.47 Å². The molecule has 0 heterocycles. The molecule has 1 unspecified atom stereocenters. The van der Waals surface area contributed by atoms with Gasteiger partial charge in [-0.1, -0.05) is 25.0 Å². The van der Waals surface area contributed by atoms with E-state index in [1.807, 2.05) is 0 Å². The number of aromatic hydroxyl groups is 1. The van der Waals surface area contributed by atoms with Crippen molar-refractivity contribution in [1.82, 2.24) is 5.32 Å². The summed E-state index contributed by atoms with van der Waals surface area (Å²) >= 11 is 0. The Morgan fingerprint density at radius 1 is 1.06 bits per heavy atom. The summed E-state index contributed by atoms with van der Waals surface area (Å²) in [6, 6.07) is 4.98. The largest absolute Gasteiger partial charge is 0.508 e. The molecule has 1 amide bonds. The molecule has 1 saturated carbocycles. The second-order valence-electron chi connectivity index (χ2n) is 8.87. The van der Waals surface area contributed by atoms with E-state index in [-0.39, 0.29) is 31.1 Å². The predicted molar refractivity (Wildman–Crippen MR) is 120 cm³/mol. The number of carboxylic acids is 2. The summed E-state index contributed by atoms with van der Waals surface area (Å²) in [4.78, 5) is 37.2. The summed E-state index contributed by atoms with van der Waals surface area (Å²) in [6.07, 6.45) is 2.75. The highest BCUT2D eigenvalue weighted by Crippen LogP contribution is 2.44. The van der Waals surface area contributed by atoms with E-state index in [9.17, 15) is 29.7 Å². The van der Waals surface area contributed by atoms with Crippen molar-refractivity contribution in [1.29, 1.82) is 0 Å². The van der Waals surface area contributed by atoms with Crippen LogP contribution in [0.25, 0.3) is 0 Å². The van der Waals surface area contributed by atoms with Crippen LogP contribution in [0.2, 0.25) is 0 Å². The zero-order chi connectivity index (χ0) is 24.4. The van der Waals surface area contributed by atoms with Gasteiger partial charge in [0.05, 0.1) is 30.7 Å². The molecule has 0 bridgehead atoms. The van der Waals surface area contributed by atoms with Crippen molar-refractivity contribution in [2.75, 3.05) is 20.3 Å². The molecule has 3 atom stereocenters. The van der Waals surface area contributed by atoms with Crippen molar-refractivity contribution in [3.05, 3.63) is 29.8 Å². The molecule has 9 heteroatoms. The van der Waals surface area contributed by atoms with Crippen molar-refractivity contribution in [3.63, 3.8) is 0 Å². The molecule has 9 nitrogen and oxygen atoms in total. The summed E-state index contributed by atoms with van der Waals surface area (Å²) in [7, 11) is 1.56. The molecule has 1 aliphatic carbocycles. The van der Waals surface area contributed by atoms with Crippen LogP contribution in [0.3, 0.4) is 0 Å². The quantitative estimate of drug-likeness (QED) is 0.307. The van der Waals surface area contributed by atoms with E-state index in [0.29, 0.717) is 31.6 Å². The topological polar surface area (TPSA) is 142 Å². The Morgan fingerprint density at radius 3 is 2.24 bits per heavy atom. The average Bonchev–Trinajstić information content (AvgIpc) is 3.24. The van der Waals surface area contributed by atoms with E-state index < -0.39 is 35.2 Å². The number of phenols is 1. The number of carbonyl (C=O) groups is 3. The number of phenolic OH excluding ortho intramolecular Hbond substituents is 1. The number of hydrogen-bond donors (Lipinski definition) is 4. The van der Waals surface area contributed by atoms with Crippen LogP contribution < -0.4 is 5.32 Å². The third-order valence-corrected chi connectivity index (χ3v) is 6.31. The first kappa shape index (κ1) is 26.6. The van der Waals surface area contributed by atoms with Gasteiger partial charge in [-0.05, 0) is 50.3 Å². The van der Waals surface area contributed by atoms with Gasteiger partial charge in [0.15, 0.2) is 0 Å². The van der Waals surface area contributed by atoms with Crippen molar-refractivity contribution < 1.29 is 39.2 Å². The van der Waals surface area contributed by atoms with Crippen LogP contribution in [0.5, 0.6) is 5.75 Å². The van der Waals surface area contributed by atoms with Gasteiger partial charge in [0.25, 0.3) is 0 Å². The lowest BCUT2D eigenvalue weighted by Gasteiger charge is -2.32. The Hall–Kier alpha value is -2.65. The number of benzene rings is 1. The highest BCUT2D eigenvalue weighted by molar-refractivity contribution is 5.88. The van der Waals surface area contributed by atoms with E-state index >= 15 is 0 Å². The van der Waals surface area contributed by atoms with Gasteiger partial charge in [-0.25, -0.2) is 4.79 Å². The number of hydrogen-bond acceptors (Lipinski definition) is 6. The van der Waals surface area contributed by atoms with Gasteiger partial charge in [0.1, 0.15) is 11.8 Å². The number of aliphatic carboxylic acids is 2. The molecule has 0 aromatic heterocycles. The highest BCUT2D eigenvalue weighted by Gasteiger charge is 2.45. The molecule has 0 aliphatic heterocycles. The number of ether oxygens (including phenoxy) is 2. The summed E-state index contributed by atoms with van der Waals surface area (Å²) in [5.41, 5.74) is -0.260. The van der Waals surface area contributed by atoms with Crippen LogP contribution in [0, 0.1) is 11.3 Å². The van der Waals surface area contributed by atoms with Gasteiger partial charge in [-0.2, -0.15) is 0 Å². The lowest BCUT2D eigenvalue weighted by Crippen LogP contribution is -2.49. The smallest absolute Gasteiger partial charge is 0.326 e. The molecule has 0 radical (unpaired) electrons. The molecule has 0 spiro atoms. The van der Waals surface area contributed by atoms with Gasteiger partial charge in [0.2, 0.25) is 5.91 Å². The predicted octanol–water partition coefficient (Wildman–Crippen LogP) is 2.60. The average molecular weight is 466 g/mol. The first-order valence-electron chi connectivity index (χ1n) is 11.3. The maximum atomic E-state index is 13.3. The zero-order valence-corrected chi connectivity index (χ0v) is 19.3. The Kier molecular flexibility index (Phi) is 10.1. The molecule has 184 valence electrons. The molecular weight excluding hydrogens is 430 g/mol. The molecule has 0 saturated heterocycles. The first-order valence-corrected chi connectivity index (χ1v) is 11.3. The minimum atomic E-state index is -1.17. The molecule has 1 aliphatic rings. The number of amides is 1. The number of carbonyl (C=O) groups excluding carboxylic acids is 1. The summed E-state index contributed by atoms with van der Waals surface area (Å²) < 4.78 is 10.6. The van der Waals surface area contributed by atoms with Gasteiger partial charge < -0.3 is 30.1 Å². The highest BCUT2D eigenvalue weighted by atomic mass is 16.5. The minimum Gasteiger partial charge on any atom is -0.508 e. The fraction of sp³-hybridized carbons (Fsp3) is 0.625. The third kappa shape index (κ3) is 8.01. The maximum absolute atomic E-state index is 13.3. The minimum absolute atomic E-state index is 0.0597. The standard InChI is InChI=1S/C24H35NO8/c1-16(33-12-11-32-2)13-18(21(27)28)15-24(9-3-4-10-24)23(31)25-20(22(29)30)14-17-5-7-19(26)8-6-17/h5-8,16,18,20,26H,3-4,9-15H2,1-2H3,(H,25,31)(H,27,28)(H,29,30)/t16?,18-,20+/m1/s1. The van der Waals surface area contributed by atoms with Crippen molar-refractivity contribution in [2.24, 2.45) is 11.3 Å². The number of nitrogens with one attached hydrogen (secondary N) is 1. The van der Waals surface area contributed by atoms with Crippen LogP contribution in [0.15, 0.2) is 24.3 Å². The number of carboxylic acid groups (broad SMARTS) is 2. The Morgan fingerprint density at radius 2 is 1.70 bits per heavy atom. The van der Waals surface area contributed by atoms with Crippen LogP contribution in [-0.4, -0.2) is 65.6 Å². The number of methoxy groups -OCH3 is 1. The van der Waals surface area contributed by atoms with Crippen LogP contribution >= 0.6 is 0 Å². The molecule has 1 aromatic rings. The van der Waals surface area contributed by atoms with E-state index in [2.05, 4.69) is 5.32 Å². The second kappa shape index (κ2) is 12.6. The van der Waals surface area contributed by atoms with Crippen molar-refractivity contribution >= 4 is 17.8 Å². The van der Waals surface area contributed by atoms with E-state index in [1.165, 1.54) is 12.1 Å². The van der Waals surface area contributed by atoms with Crippen molar-refractivity contribution in [3.8, 4) is 5.75 Å². The molecule has 33 heavy (non-hydrogen) atoms. The van der Waals surface area contributed by atoms with Gasteiger partial charge in [-0.15, -0.1) is 0 Å². The normalized spacial score (nSPS) is 17.8. The van der Waals surface area contributed by atoms with Gasteiger partial charge >= 0.3 is 11.9 Å². The van der Waals surface area contributed by atoms with E-state index in [1.54, 1.807) is 26.2 Å². The molecule has 4 N–H and O–H groups in total. The molecule has 2 rings (SSSR count). The van der Waals surface area contributed by atoms with Crippen LogP contribution in [0.4, 0.5) is 0 Å². The fourth-order valence-corrected chi connectivity index (χ4v) is 4.50. The summed E-state index contributed by atoms with van der Waals surface area (Å²) in [5, 5.41) is 31.6. The third-order valence-electron chi connectivity index (χ3n) is 6.31. The molecule has 1 aromatic carbocycles. The zero-order valence-electron chi connectivity index (χ0n) is 19.3. The SMILES string of the molecule is COCCOC(C)C[C@H](CC1(C(=O)N[C@@H](Cc2ccc(O)cc2)C(=O)O)CCCC1)C(=O)O. The molecular formula is C24H35NO8.